The van der Waals surface area contributed by atoms with Crippen molar-refractivity contribution in [3.05, 3.63) is 109 Å². The lowest BCUT2D eigenvalue weighted by Crippen LogP contribution is -2.06. The zero-order chi connectivity index (χ0) is 22.7. The van der Waals surface area contributed by atoms with Crippen LogP contribution in [-0.4, -0.2) is 16.8 Å². The van der Waals surface area contributed by atoms with E-state index in [1.54, 1.807) is 24.3 Å². The summed E-state index contributed by atoms with van der Waals surface area (Å²) in [5.41, 5.74) is 1.71. The molecule has 0 radical (unpaired) electrons. The van der Waals surface area contributed by atoms with Gasteiger partial charge in [-0.15, -0.1) is 0 Å². The number of hydrogen-bond donors (Lipinski definition) is 0. The van der Waals surface area contributed by atoms with Crippen LogP contribution in [0.1, 0.15) is 16.7 Å². The van der Waals surface area contributed by atoms with Crippen molar-refractivity contribution in [3.8, 4) is 5.75 Å². The van der Waals surface area contributed by atoms with E-state index in [9.17, 15) is 14.9 Å². The van der Waals surface area contributed by atoms with E-state index >= 15 is 0 Å². The van der Waals surface area contributed by atoms with Gasteiger partial charge in [0.05, 0.1) is 15.5 Å². The number of halogens is 2. The summed E-state index contributed by atoms with van der Waals surface area (Å²) in [6, 6.07) is 18.8. The summed E-state index contributed by atoms with van der Waals surface area (Å²) in [4.78, 5) is 27.0. The lowest BCUT2D eigenvalue weighted by molar-refractivity contribution is -0.384. The van der Waals surface area contributed by atoms with Gasteiger partial charge in [-0.25, -0.2) is 9.79 Å². The van der Waals surface area contributed by atoms with Crippen molar-refractivity contribution in [3.63, 3.8) is 0 Å². The number of cyclic esters (lactones) is 1. The van der Waals surface area contributed by atoms with Gasteiger partial charge >= 0.3 is 5.97 Å². The second-order valence-electron chi connectivity index (χ2n) is 6.71. The molecular weight excluding hydrogens is 500 g/mol. The number of non-ortho nitro benzene ring substituents is 1. The molecule has 0 bridgehead atoms. The number of carbonyl (C=O) groups is 1. The van der Waals surface area contributed by atoms with Gasteiger partial charge in [0.1, 0.15) is 12.4 Å². The fourth-order valence-electron chi connectivity index (χ4n) is 2.94. The maximum Gasteiger partial charge on any atom is 0.363 e. The third-order valence-electron chi connectivity index (χ3n) is 4.53. The highest BCUT2D eigenvalue weighted by molar-refractivity contribution is 9.10. The fourth-order valence-corrected chi connectivity index (χ4v) is 3.54. The normalized spacial score (nSPS) is 14.2. The van der Waals surface area contributed by atoms with Crippen molar-refractivity contribution in [2.45, 2.75) is 6.61 Å². The van der Waals surface area contributed by atoms with Gasteiger partial charge in [0.25, 0.3) is 5.69 Å². The fraction of sp³-hybridized carbons (Fsp3) is 0.0435. The van der Waals surface area contributed by atoms with Crippen LogP contribution < -0.4 is 4.74 Å². The molecule has 0 saturated carbocycles. The molecule has 32 heavy (non-hydrogen) atoms. The molecule has 4 rings (SSSR count). The number of ether oxygens (including phenoxy) is 2. The number of carbonyl (C=O) groups excluding carboxylic acids is 1. The molecule has 0 unspecified atom stereocenters. The van der Waals surface area contributed by atoms with Crippen molar-refractivity contribution in [1.29, 1.82) is 0 Å². The first kappa shape index (κ1) is 21.7. The van der Waals surface area contributed by atoms with E-state index in [2.05, 4.69) is 20.9 Å². The van der Waals surface area contributed by atoms with Crippen LogP contribution in [0.5, 0.6) is 5.75 Å². The summed E-state index contributed by atoms with van der Waals surface area (Å²) in [7, 11) is 0. The van der Waals surface area contributed by atoms with Gasteiger partial charge in [0.2, 0.25) is 5.90 Å². The highest BCUT2D eigenvalue weighted by Crippen LogP contribution is 2.28. The third-order valence-corrected chi connectivity index (χ3v) is 5.63. The van der Waals surface area contributed by atoms with Crippen LogP contribution in [0, 0.1) is 10.1 Å². The number of hydrogen-bond acceptors (Lipinski definition) is 6. The van der Waals surface area contributed by atoms with Crippen LogP contribution in [0.4, 0.5) is 5.69 Å². The van der Waals surface area contributed by atoms with E-state index in [1.807, 2.05) is 30.3 Å². The van der Waals surface area contributed by atoms with Gasteiger partial charge in [0.15, 0.2) is 5.70 Å². The number of aliphatic imine (C=N–C) groups is 1. The van der Waals surface area contributed by atoms with E-state index in [0.717, 1.165) is 10.0 Å². The van der Waals surface area contributed by atoms with E-state index in [0.29, 0.717) is 17.9 Å². The summed E-state index contributed by atoms with van der Waals surface area (Å²) < 4.78 is 12.0. The number of rotatable bonds is 6. The average molecular weight is 514 g/mol. The SMILES string of the molecule is O=C1OC(c2cc([N+](=O)[O-])ccc2Cl)=N/C1=C\c1cccc(OCc2ccccc2Br)c1. The Morgan fingerprint density at radius 1 is 1.12 bits per heavy atom. The molecule has 0 saturated heterocycles. The number of nitro benzene ring substituents is 1. The molecule has 0 amide bonds. The summed E-state index contributed by atoms with van der Waals surface area (Å²) in [5, 5.41) is 11.2. The molecule has 0 aliphatic carbocycles. The van der Waals surface area contributed by atoms with E-state index in [-0.39, 0.29) is 27.9 Å². The molecule has 3 aromatic rings. The van der Waals surface area contributed by atoms with Gasteiger partial charge in [-0.05, 0) is 35.9 Å². The van der Waals surface area contributed by atoms with Crippen LogP contribution in [0.3, 0.4) is 0 Å². The summed E-state index contributed by atoms with van der Waals surface area (Å²) in [6.45, 7) is 0.372. The second-order valence-corrected chi connectivity index (χ2v) is 7.97. The summed E-state index contributed by atoms with van der Waals surface area (Å²) in [6.07, 6.45) is 1.55. The zero-order valence-corrected chi connectivity index (χ0v) is 18.7. The Labute approximate surface area is 196 Å². The van der Waals surface area contributed by atoms with Crippen molar-refractivity contribution >= 4 is 51.2 Å². The molecule has 0 atom stereocenters. The number of esters is 1. The largest absolute Gasteiger partial charge is 0.489 e. The highest BCUT2D eigenvalue weighted by Gasteiger charge is 2.27. The minimum Gasteiger partial charge on any atom is -0.489 e. The Kier molecular flexibility index (Phi) is 6.34. The van der Waals surface area contributed by atoms with Crippen molar-refractivity contribution in [2.24, 2.45) is 4.99 Å². The Balaban J connectivity index is 1.56. The van der Waals surface area contributed by atoms with Crippen LogP contribution in [0.25, 0.3) is 6.08 Å². The van der Waals surface area contributed by atoms with Crippen molar-refractivity contribution < 1.29 is 19.2 Å². The quantitative estimate of drug-likeness (QED) is 0.176. The molecule has 0 spiro atoms. The third kappa shape index (κ3) is 4.87. The molecule has 7 nitrogen and oxygen atoms in total. The van der Waals surface area contributed by atoms with Crippen LogP contribution in [-0.2, 0) is 16.1 Å². The lowest BCUT2D eigenvalue weighted by Gasteiger charge is -2.08. The number of nitro groups is 1. The maximum absolute atomic E-state index is 12.3. The Hall–Kier alpha value is -3.49. The molecule has 0 fully saturated rings. The molecule has 160 valence electrons. The maximum atomic E-state index is 12.3. The molecule has 1 heterocycles. The standard InChI is InChI=1S/C23H14BrClN2O5/c24-19-7-2-1-5-15(19)13-31-17-6-3-4-14(10-17)11-21-23(28)32-22(26-21)18-12-16(27(29)30)8-9-20(18)25/h1-12H,13H2/b21-11-. The van der Waals surface area contributed by atoms with Crippen LogP contribution >= 0.6 is 27.5 Å². The monoisotopic (exact) mass is 512 g/mol. The van der Waals surface area contributed by atoms with E-state index < -0.39 is 10.9 Å². The van der Waals surface area contributed by atoms with E-state index in [1.165, 1.54) is 18.2 Å². The average Bonchev–Trinajstić information content (AvgIpc) is 3.13. The topological polar surface area (TPSA) is 91.0 Å². The predicted octanol–water partition coefficient (Wildman–Crippen LogP) is 5.93. The zero-order valence-electron chi connectivity index (χ0n) is 16.3. The van der Waals surface area contributed by atoms with Gasteiger partial charge in [-0.3, -0.25) is 10.1 Å². The molecular formula is C23H14BrClN2O5. The summed E-state index contributed by atoms with van der Waals surface area (Å²) >= 11 is 9.61. The predicted molar refractivity (Wildman–Crippen MR) is 124 cm³/mol. The molecule has 0 N–H and O–H groups in total. The van der Waals surface area contributed by atoms with Gasteiger partial charge < -0.3 is 9.47 Å². The lowest BCUT2D eigenvalue weighted by atomic mass is 10.2. The molecule has 1 aliphatic rings. The summed E-state index contributed by atoms with van der Waals surface area (Å²) in [5.74, 6) is -0.147. The molecule has 9 heteroatoms. The van der Waals surface area contributed by atoms with Gasteiger partial charge in [-0.2, -0.15) is 0 Å². The first-order chi connectivity index (χ1) is 15.4. The van der Waals surface area contributed by atoms with Gasteiger partial charge in [0, 0.05) is 22.2 Å². The number of nitrogens with zero attached hydrogens (tertiary/aromatic N) is 2. The smallest absolute Gasteiger partial charge is 0.363 e. The molecule has 0 aromatic heterocycles. The van der Waals surface area contributed by atoms with Gasteiger partial charge in [-0.1, -0.05) is 57.9 Å². The van der Waals surface area contributed by atoms with Crippen LogP contribution in [0.2, 0.25) is 5.02 Å². The van der Waals surface area contributed by atoms with Crippen molar-refractivity contribution in [2.75, 3.05) is 0 Å². The Morgan fingerprint density at radius 3 is 2.72 bits per heavy atom. The Morgan fingerprint density at radius 2 is 1.94 bits per heavy atom. The highest BCUT2D eigenvalue weighted by atomic mass is 79.9. The Bertz CT molecular complexity index is 1290. The van der Waals surface area contributed by atoms with E-state index in [4.69, 9.17) is 21.1 Å². The first-order valence-electron chi connectivity index (χ1n) is 9.34. The number of benzene rings is 3. The minimum absolute atomic E-state index is 0.0468. The van der Waals surface area contributed by atoms with Crippen molar-refractivity contribution in [1.82, 2.24) is 0 Å². The second kappa shape index (κ2) is 9.33. The minimum atomic E-state index is -0.679. The molecule has 1 aliphatic heterocycles. The van der Waals surface area contributed by atoms with Crippen LogP contribution in [0.15, 0.2) is 81.9 Å². The first-order valence-corrected chi connectivity index (χ1v) is 10.5. The molecule has 3 aromatic carbocycles.